The van der Waals surface area contributed by atoms with Gasteiger partial charge >= 0.3 is 0 Å². The van der Waals surface area contributed by atoms with Crippen molar-refractivity contribution in [1.82, 2.24) is 4.57 Å². The fourth-order valence-corrected chi connectivity index (χ4v) is 11.7. The molecule has 0 atom stereocenters. The Balaban J connectivity index is 0.930. The number of hydrogen-bond donors (Lipinski definition) is 0. The van der Waals surface area contributed by atoms with E-state index in [1.54, 1.807) is 0 Å². The number of anilines is 3. The minimum absolute atomic E-state index is 0.434. The topological polar surface area (TPSA) is 8.17 Å². The molecule has 0 saturated carbocycles. The van der Waals surface area contributed by atoms with Gasteiger partial charge in [-0.05, 0) is 133 Å². The lowest BCUT2D eigenvalue weighted by molar-refractivity contribution is 0.793. The minimum Gasteiger partial charge on any atom is -0.310 e. The Labute approximate surface area is 389 Å². The first-order valence-electron chi connectivity index (χ1n) is 23.3. The van der Waals surface area contributed by atoms with Gasteiger partial charge in [0.05, 0.1) is 16.4 Å². The highest BCUT2D eigenvalue weighted by Gasteiger charge is 2.51. The van der Waals surface area contributed by atoms with Crippen LogP contribution in [0.25, 0.3) is 82.8 Å². The van der Waals surface area contributed by atoms with Gasteiger partial charge in [0.1, 0.15) is 0 Å². The Bertz CT molecular complexity index is 3840. The molecular weight excluding hydrogens is 809 g/mol. The van der Waals surface area contributed by atoms with Gasteiger partial charge in [0.2, 0.25) is 0 Å². The Morgan fingerprint density at radius 2 is 0.791 bits per heavy atom. The zero-order chi connectivity index (χ0) is 44.1. The first-order chi connectivity index (χ1) is 33.2. The number of nitrogens with zero attached hydrogens (tertiary/aromatic N) is 2. The van der Waals surface area contributed by atoms with Crippen molar-refractivity contribution in [3.05, 3.63) is 277 Å². The van der Waals surface area contributed by atoms with Crippen LogP contribution in [0.5, 0.6) is 0 Å². The zero-order valence-corrected chi connectivity index (χ0v) is 36.6. The molecule has 1 spiro atoms. The lowest BCUT2D eigenvalue weighted by atomic mass is 9.70. The third kappa shape index (κ3) is 5.51. The molecule has 0 amide bonds. The van der Waals surface area contributed by atoms with E-state index in [-0.39, 0.29) is 0 Å². The molecule has 0 unspecified atom stereocenters. The molecule has 0 fully saturated rings. The van der Waals surface area contributed by atoms with Gasteiger partial charge in [0, 0.05) is 38.9 Å². The van der Waals surface area contributed by atoms with E-state index in [0.29, 0.717) is 0 Å². The van der Waals surface area contributed by atoms with Gasteiger partial charge in [-0.15, -0.1) is 0 Å². The molecule has 11 aromatic carbocycles. The van der Waals surface area contributed by atoms with E-state index in [2.05, 4.69) is 264 Å². The average molecular weight is 851 g/mol. The summed E-state index contributed by atoms with van der Waals surface area (Å²) in [5.74, 6) is 0. The van der Waals surface area contributed by atoms with Crippen LogP contribution >= 0.6 is 0 Å². The Morgan fingerprint density at radius 1 is 0.299 bits per heavy atom. The van der Waals surface area contributed by atoms with E-state index in [1.807, 2.05) is 0 Å². The molecule has 0 radical (unpaired) electrons. The van der Waals surface area contributed by atoms with Crippen LogP contribution in [-0.2, 0) is 5.41 Å². The van der Waals surface area contributed by atoms with Crippen LogP contribution in [0.3, 0.4) is 0 Å². The molecule has 2 nitrogen and oxygen atoms in total. The normalized spacial score (nSPS) is 12.9. The van der Waals surface area contributed by atoms with E-state index in [1.165, 1.54) is 99.3 Å². The average Bonchev–Trinajstić information content (AvgIpc) is 4.01. The molecule has 14 rings (SSSR count). The second kappa shape index (κ2) is 14.7. The maximum Gasteiger partial charge on any atom is 0.0726 e. The number of aromatic nitrogens is 1. The molecule has 12 aromatic rings. The number of benzene rings is 11. The monoisotopic (exact) mass is 850 g/mol. The molecule has 2 heteroatoms. The van der Waals surface area contributed by atoms with Crippen molar-refractivity contribution in [2.45, 2.75) is 5.41 Å². The van der Waals surface area contributed by atoms with Gasteiger partial charge in [0.15, 0.2) is 0 Å². The lowest BCUT2D eigenvalue weighted by Gasteiger charge is -2.32. The van der Waals surface area contributed by atoms with Gasteiger partial charge in [-0.3, -0.25) is 0 Å². The highest BCUT2D eigenvalue weighted by atomic mass is 15.1. The van der Waals surface area contributed by atoms with Crippen LogP contribution in [0.1, 0.15) is 22.3 Å². The summed E-state index contributed by atoms with van der Waals surface area (Å²) < 4.78 is 2.43. The van der Waals surface area contributed by atoms with Gasteiger partial charge in [0.25, 0.3) is 0 Å². The smallest absolute Gasteiger partial charge is 0.0726 e. The Hall–Kier alpha value is -8.72. The molecular formula is C65H42N2. The van der Waals surface area contributed by atoms with E-state index in [0.717, 1.165) is 22.7 Å². The molecule has 1 aromatic heterocycles. The fraction of sp³-hybridized carbons (Fsp3) is 0.0154. The van der Waals surface area contributed by atoms with Crippen LogP contribution in [0.4, 0.5) is 17.1 Å². The molecule has 0 aliphatic heterocycles. The van der Waals surface area contributed by atoms with Crippen molar-refractivity contribution in [2.75, 3.05) is 4.90 Å². The fourth-order valence-electron chi connectivity index (χ4n) is 11.7. The summed E-state index contributed by atoms with van der Waals surface area (Å²) in [6.07, 6.45) is 0. The van der Waals surface area contributed by atoms with Crippen LogP contribution in [0.2, 0.25) is 0 Å². The largest absolute Gasteiger partial charge is 0.310 e. The second-order valence-electron chi connectivity index (χ2n) is 18.0. The van der Waals surface area contributed by atoms with Crippen LogP contribution in [0, 0.1) is 0 Å². The molecule has 0 N–H and O–H groups in total. The zero-order valence-electron chi connectivity index (χ0n) is 36.6. The number of hydrogen-bond acceptors (Lipinski definition) is 1. The van der Waals surface area contributed by atoms with Crippen molar-refractivity contribution in [2.24, 2.45) is 0 Å². The first-order valence-corrected chi connectivity index (χ1v) is 23.3. The maximum atomic E-state index is 2.48. The second-order valence-corrected chi connectivity index (χ2v) is 18.0. The van der Waals surface area contributed by atoms with E-state index >= 15 is 0 Å². The molecule has 1 heterocycles. The minimum atomic E-state index is -0.434. The third-order valence-corrected chi connectivity index (χ3v) is 14.6. The quantitative estimate of drug-likeness (QED) is 0.162. The van der Waals surface area contributed by atoms with Gasteiger partial charge in [-0.1, -0.05) is 194 Å². The summed E-state index contributed by atoms with van der Waals surface area (Å²) in [6, 6.07) is 94.2. The summed E-state index contributed by atoms with van der Waals surface area (Å²) >= 11 is 0. The summed E-state index contributed by atoms with van der Waals surface area (Å²) in [4.78, 5) is 2.43. The number of rotatable bonds is 6. The summed E-state index contributed by atoms with van der Waals surface area (Å²) in [6.45, 7) is 0. The molecule has 2 aliphatic carbocycles. The van der Waals surface area contributed by atoms with Crippen LogP contribution < -0.4 is 4.90 Å². The lowest BCUT2D eigenvalue weighted by Crippen LogP contribution is -2.26. The molecule has 312 valence electrons. The first kappa shape index (κ1) is 37.6. The number of para-hydroxylation sites is 1. The summed E-state index contributed by atoms with van der Waals surface area (Å²) in [7, 11) is 0. The molecule has 2 aliphatic rings. The van der Waals surface area contributed by atoms with Gasteiger partial charge in [-0.25, -0.2) is 0 Å². The van der Waals surface area contributed by atoms with E-state index < -0.39 is 5.41 Å². The predicted molar refractivity (Wildman–Crippen MR) is 280 cm³/mol. The van der Waals surface area contributed by atoms with Crippen LogP contribution in [-0.4, -0.2) is 4.57 Å². The highest BCUT2D eigenvalue weighted by molar-refractivity contribution is 6.19. The van der Waals surface area contributed by atoms with Crippen molar-refractivity contribution < 1.29 is 0 Å². The Kier molecular flexibility index (Phi) is 8.23. The summed E-state index contributed by atoms with van der Waals surface area (Å²) in [5, 5.41) is 5.00. The molecule has 67 heavy (non-hydrogen) atoms. The van der Waals surface area contributed by atoms with Crippen molar-refractivity contribution in [3.63, 3.8) is 0 Å². The Morgan fingerprint density at radius 3 is 1.43 bits per heavy atom. The van der Waals surface area contributed by atoms with Crippen molar-refractivity contribution in [1.29, 1.82) is 0 Å². The SMILES string of the molecule is c1ccc(-c2ccc(N(c3ccc(-c4ccc5c(c4)c4ccc6ccccc6c4n5-c4ccccc4)cc3)c3ccc4c(c3)C3(c5ccccc5-c5ccccc53)c3ccccc3-4)cc2)cc1. The summed E-state index contributed by atoms with van der Waals surface area (Å²) in [5.41, 5.74) is 21.8. The van der Waals surface area contributed by atoms with Gasteiger partial charge < -0.3 is 9.47 Å². The van der Waals surface area contributed by atoms with E-state index in [4.69, 9.17) is 0 Å². The highest BCUT2D eigenvalue weighted by Crippen LogP contribution is 2.63. The van der Waals surface area contributed by atoms with Crippen LogP contribution in [0.15, 0.2) is 255 Å². The van der Waals surface area contributed by atoms with Gasteiger partial charge in [-0.2, -0.15) is 0 Å². The molecule has 0 bridgehead atoms. The predicted octanol–water partition coefficient (Wildman–Crippen LogP) is 17.1. The third-order valence-electron chi connectivity index (χ3n) is 14.6. The van der Waals surface area contributed by atoms with Crippen molar-refractivity contribution in [3.8, 4) is 50.2 Å². The van der Waals surface area contributed by atoms with E-state index in [9.17, 15) is 0 Å². The standard InChI is InChI=1S/C65H42N2/c1-3-15-43(16-4-1)44-27-33-49(34-28-44)66(51-37-39-56-55-23-11-14-26-61(55)65(62(56)42-51)59-24-12-9-21-53(59)54-22-10-13-25-60(54)65)50-35-29-45(30-36-50)47-32-40-63-58(41-47)57-38-31-46-17-7-8-20-52(46)64(57)67(63)48-18-5-2-6-19-48/h1-42H. The molecule has 0 saturated heterocycles. The maximum absolute atomic E-state index is 2.48. The number of fused-ring (bicyclic) bond motifs is 15. The van der Waals surface area contributed by atoms with Crippen molar-refractivity contribution >= 4 is 49.6 Å².